The van der Waals surface area contributed by atoms with Crippen molar-refractivity contribution < 1.29 is 4.79 Å². The number of hydrogen-bond donors (Lipinski definition) is 2. The van der Waals surface area contributed by atoms with Gasteiger partial charge in [0.25, 0.3) is 0 Å². The average molecular weight is 265 g/mol. The van der Waals surface area contributed by atoms with Gasteiger partial charge in [-0.25, -0.2) is 0 Å². The second-order valence-electron chi connectivity index (χ2n) is 5.17. The molecule has 0 radical (unpaired) electrons. The first-order valence-electron chi connectivity index (χ1n) is 6.82. The van der Waals surface area contributed by atoms with E-state index in [0.717, 1.165) is 18.5 Å². The maximum atomic E-state index is 11.8. The van der Waals surface area contributed by atoms with E-state index >= 15 is 0 Å². The Morgan fingerprint density at radius 2 is 2.37 bits per heavy atom. The predicted octanol–water partition coefficient (Wildman–Crippen LogP) is 0.0188. The minimum atomic E-state index is -0.156. The molecule has 3 N–H and O–H groups in total. The van der Waals surface area contributed by atoms with Crippen molar-refractivity contribution in [3.8, 4) is 0 Å². The summed E-state index contributed by atoms with van der Waals surface area (Å²) < 4.78 is 1.78. The standard InChI is InChI=1S/C13H23N5O/c1-4-11(14)12(10-7-16-17(3)8-10)18-6-5-15-13(19)9(18)2/h7-9,11-12H,4-6,14H2,1-3H3,(H,15,19). The molecule has 1 saturated heterocycles. The van der Waals surface area contributed by atoms with Crippen molar-refractivity contribution in [3.05, 3.63) is 18.0 Å². The fourth-order valence-electron chi connectivity index (χ4n) is 2.68. The largest absolute Gasteiger partial charge is 0.353 e. The lowest BCUT2D eigenvalue weighted by Gasteiger charge is -2.41. The van der Waals surface area contributed by atoms with Gasteiger partial charge in [-0.05, 0) is 13.3 Å². The number of hydrogen-bond acceptors (Lipinski definition) is 4. The number of aromatic nitrogens is 2. The zero-order chi connectivity index (χ0) is 14.0. The van der Waals surface area contributed by atoms with Crippen molar-refractivity contribution in [1.29, 1.82) is 0 Å². The number of nitrogens with one attached hydrogen (secondary N) is 1. The maximum absolute atomic E-state index is 11.8. The second kappa shape index (κ2) is 5.71. The van der Waals surface area contributed by atoms with Crippen molar-refractivity contribution in [2.45, 2.75) is 38.4 Å². The van der Waals surface area contributed by atoms with Crippen LogP contribution in [-0.2, 0) is 11.8 Å². The molecule has 106 valence electrons. The number of rotatable bonds is 4. The smallest absolute Gasteiger partial charge is 0.237 e. The number of piperazine rings is 1. The molecule has 3 atom stereocenters. The molecule has 1 fully saturated rings. The van der Waals surface area contributed by atoms with Gasteiger partial charge in [-0.15, -0.1) is 0 Å². The molecule has 1 aliphatic rings. The lowest BCUT2D eigenvalue weighted by atomic mass is 9.96. The van der Waals surface area contributed by atoms with Gasteiger partial charge in [0.2, 0.25) is 5.91 Å². The Balaban J connectivity index is 2.29. The van der Waals surface area contributed by atoms with E-state index < -0.39 is 0 Å². The van der Waals surface area contributed by atoms with E-state index in [0.29, 0.717) is 6.54 Å². The molecule has 0 bridgehead atoms. The lowest BCUT2D eigenvalue weighted by molar-refractivity contribution is -0.129. The third-order valence-electron chi connectivity index (χ3n) is 3.85. The highest BCUT2D eigenvalue weighted by molar-refractivity contribution is 5.82. The third kappa shape index (κ3) is 2.79. The van der Waals surface area contributed by atoms with Crippen LogP contribution in [0.1, 0.15) is 31.9 Å². The van der Waals surface area contributed by atoms with E-state index in [1.165, 1.54) is 0 Å². The maximum Gasteiger partial charge on any atom is 0.237 e. The molecule has 0 aliphatic carbocycles. The van der Waals surface area contributed by atoms with Gasteiger partial charge in [0.15, 0.2) is 0 Å². The van der Waals surface area contributed by atoms with Crippen LogP contribution in [0.4, 0.5) is 0 Å². The number of amides is 1. The monoisotopic (exact) mass is 265 g/mol. The summed E-state index contributed by atoms with van der Waals surface area (Å²) in [4.78, 5) is 14.0. The summed E-state index contributed by atoms with van der Waals surface area (Å²) in [5, 5.41) is 7.11. The molecule has 1 amide bonds. The Kier molecular flexibility index (Phi) is 4.21. The lowest BCUT2D eigenvalue weighted by Crippen LogP contribution is -2.57. The van der Waals surface area contributed by atoms with Crippen molar-refractivity contribution in [2.75, 3.05) is 13.1 Å². The quantitative estimate of drug-likeness (QED) is 0.804. The predicted molar refractivity (Wildman–Crippen MR) is 73.4 cm³/mol. The zero-order valence-electron chi connectivity index (χ0n) is 11.8. The van der Waals surface area contributed by atoms with Crippen LogP contribution in [0.5, 0.6) is 0 Å². The van der Waals surface area contributed by atoms with Gasteiger partial charge < -0.3 is 11.1 Å². The highest BCUT2D eigenvalue weighted by atomic mass is 16.2. The highest BCUT2D eigenvalue weighted by Gasteiger charge is 2.35. The topological polar surface area (TPSA) is 76.2 Å². The Bertz CT molecular complexity index is 444. The fourth-order valence-corrected chi connectivity index (χ4v) is 2.68. The van der Waals surface area contributed by atoms with E-state index in [9.17, 15) is 4.79 Å². The summed E-state index contributed by atoms with van der Waals surface area (Å²) >= 11 is 0. The van der Waals surface area contributed by atoms with E-state index in [1.54, 1.807) is 4.68 Å². The molecule has 0 spiro atoms. The summed E-state index contributed by atoms with van der Waals surface area (Å²) in [5.41, 5.74) is 7.37. The van der Waals surface area contributed by atoms with Gasteiger partial charge >= 0.3 is 0 Å². The summed E-state index contributed by atoms with van der Waals surface area (Å²) in [6.45, 7) is 5.50. The molecule has 19 heavy (non-hydrogen) atoms. The van der Waals surface area contributed by atoms with Gasteiger partial charge in [0.05, 0.1) is 18.3 Å². The Labute approximate surface area is 113 Å². The molecule has 6 nitrogen and oxygen atoms in total. The van der Waals surface area contributed by atoms with Gasteiger partial charge in [-0.1, -0.05) is 6.92 Å². The molecule has 2 rings (SSSR count). The van der Waals surface area contributed by atoms with Crippen molar-refractivity contribution in [3.63, 3.8) is 0 Å². The number of nitrogens with zero attached hydrogens (tertiary/aromatic N) is 3. The second-order valence-corrected chi connectivity index (χ2v) is 5.17. The van der Waals surface area contributed by atoms with Gasteiger partial charge in [-0.3, -0.25) is 14.4 Å². The minimum absolute atomic E-state index is 0.00227. The third-order valence-corrected chi connectivity index (χ3v) is 3.85. The van der Waals surface area contributed by atoms with E-state index in [2.05, 4.69) is 22.2 Å². The van der Waals surface area contributed by atoms with Crippen LogP contribution in [0.2, 0.25) is 0 Å². The van der Waals surface area contributed by atoms with Crippen molar-refractivity contribution in [2.24, 2.45) is 12.8 Å². The summed E-state index contributed by atoms with van der Waals surface area (Å²) in [7, 11) is 1.89. The highest BCUT2D eigenvalue weighted by Crippen LogP contribution is 2.27. The van der Waals surface area contributed by atoms with Crippen LogP contribution in [-0.4, -0.2) is 45.8 Å². The summed E-state index contributed by atoms with van der Waals surface area (Å²) in [5.74, 6) is 0.0726. The molecule has 0 saturated carbocycles. The van der Waals surface area contributed by atoms with Crippen LogP contribution in [0.25, 0.3) is 0 Å². The minimum Gasteiger partial charge on any atom is -0.353 e. The van der Waals surface area contributed by atoms with Crippen LogP contribution in [0.15, 0.2) is 12.4 Å². The van der Waals surface area contributed by atoms with Crippen LogP contribution in [0.3, 0.4) is 0 Å². The molecule has 1 aromatic heterocycles. The van der Waals surface area contributed by atoms with Crippen LogP contribution in [0, 0.1) is 0 Å². The molecule has 3 unspecified atom stereocenters. The Morgan fingerprint density at radius 1 is 1.63 bits per heavy atom. The van der Waals surface area contributed by atoms with Crippen molar-refractivity contribution >= 4 is 5.91 Å². The van der Waals surface area contributed by atoms with E-state index in [1.807, 2.05) is 26.4 Å². The normalized spacial score (nSPS) is 24.0. The number of carbonyl (C=O) groups excluding carboxylic acids is 1. The molecule has 1 aliphatic heterocycles. The number of aryl methyl sites for hydroxylation is 1. The first kappa shape index (κ1) is 14.0. The molecule has 0 aromatic carbocycles. The van der Waals surface area contributed by atoms with Gasteiger partial charge in [0, 0.05) is 37.9 Å². The number of carbonyl (C=O) groups is 1. The molecular formula is C13H23N5O. The average Bonchev–Trinajstić information content (AvgIpc) is 2.81. The summed E-state index contributed by atoms with van der Waals surface area (Å²) in [6, 6.07) is -0.117. The SMILES string of the molecule is CCC(N)C(c1cnn(C)c1)N1CCNC(=O)C1C. The zero-order valence-corrected chi connectivity index (χ0v) is 11.8. The molecule has 2 heterocycles. The Hall–Kier alpha value is -1.40. The first-order chi connectivity index (χ1) is 9.04. The van der Waals surface area contributed by atoms with Crippen molar-refractivity contribution in [1.82, 2.24) is 20.0 Å². The van der Waals surface area contributed by atoms with E-state index in [4.69, 9.17) is 5.73 Å². The van der Waals surface area contributed by atoms with Gasteiger partial charge in [-0.2, -0.15) is 5.10 Å². The summed E-state index contributed by atoms with van der Waals surface area (Å²) in [6.07, 6.45) is 4.70. The fraction of sp³-hybridized carbons (Fsp3) is 0.692. The first-order valence-corrected chi connectivity index (χ1v) is 6.82. The van der Waals surface area contributed by atoms with Crippen LogP contribution >= 0.6 is 0 Å². The van der Waals surface area contributed by atoms with Gasteiger partial charge in [0.1, 0.15) is 0 Å². The molecular weight excluding hydrogens is 242 g/mol. The molecule has 1 aromatic rings. The van der Waals surface area contributed by atoms with Crippen LogP contribution < -0.4 is 11.1 Å². The Morgan fingerprint density at radius 3 is 2.95 bits per heavy atom. The number of nitrogens with two attached hydrogens (primary N) is 1. The van der Waals surface area contributed by atoms with E-state index in [-0.39, 0.29) is 24.0 Å². The molecule has 6 heteroatoms.